The normalized spacial score (nSPS) is 12.7. The maximum Gasteiger partial charge on any atom is 0.244 e. The van der Waals surface area contributed by atoms with Gasteiger partial charge in [-0.3, -0.25) is 13.9 Å². The van der Waals surface area contributed by atoms with Gasteiger partial charge in [-0.05, 0) is 61.2 Å². The molecule has 0 fully saturated rings. The molecular formula is C31H39N3O5S. The van der Waals surface area contributed by atoms with Crippen molar-refractivity contribution in [1.82, 2.24) is 10.2 Å². The summed E-state index contributed by atoms with van der Waals surface area (Å²) in [4.78, 5) is 29.3. The lowest BCUT2D eigenvalue weighted by molar-refractivity contribution is -0.140. The Balaban J connectivity index is 2.06. The van der Waals surface area contributed by atoms with Crippen molar-refractivity contribution in [3.63, 3.8) is 0 Å². The van der Waals surface area contributed by atoms with E-state index in [4.69, 9.17) is 4.74 Å². The van der Waals surface area contributed by atoms with Gasteiger partial charge in [0.15, 0.2) is 0 Å². The number of nitrogens with zero attached hydrogens (tertiary/aromatic N) is 2. The number of hydrogen-bond donors (Lipinski definition) is 1. The van der Waals surface area contributed by atoms with Crippen molar-refractivity contribution in [2.75, 3.05) is 24.2 Å². The minimum atomic E-state index is -3.83. The van der Waals surface area contributed by atoms with E-state index in [2.05, 4.69) is 5.32 Å². The molecule has 3 aromatic rings. The van der Waals surface area contributed by atoms with Gasteiger partial charge >= 0.3 is 0 Å². The Labute approximate surface area is 238 Å². The van der Waals surface area contributed by atoms with Crippen molar-refractivity contribution in [2.24, 2.45) is 0 Å². The Morgan fingerprint density at radius 1 is 0.950 bits per heavy atom. The summed E-state index contributed by atoms with van der Waals surface area (Å²) in [7, 11) is -2.31. The Kier molecular flexibility index (Phi) is 10.7. The van der Waals surface area contributed by atoms with Gasteiger partial charge in [0, 0.05) is 19.0 Å². The third-order valence-electron chi connectivity index (χ3n) is 6.91. The zero-order chi connectivity index (χ0) is 29.3. The molecule has 9 heteroatoms. The van der Waals surface area contributed by atoms with Gasteiger partial charge in [-0.25, -0.2) is 8.42 Å². The average Bonchev–Trinajstić information content (AvgIpc) is 2.94. The molecule has 2 atom stereocenters. The minimum Gasteiger partial charge on any atom is -0.497 e. The molecule has 0 saturated heterocycles. The fourth-order valence-corrected chi connectivity index (χ4v) is 5.18. The van der Waals surface area contributed by atoms with Gasteiger partial charge in [0.2, 0.25) is 21.8 Å². The SMILES string of the molecule is CCC(C)NC(=O)C(Cc1ccccc1)N(Cc1ccccc1C)C(=O)CN(c1ccc(OC)cc1)S(C)(=O)=O. The second-order valence-corrected chi connectivity index (χ2v) is 11.8. The molecule has 0 spiro atoms. The number of hydrogen-bond acceptors (Lipinski definition) is 5. The van der Waals surface area contributed by atoms with E-state index in [1.807, 2.05) is 75.4 Å². The van der Waals surface area contributed by atoms with Crippen LogP contribution in [-0.4, -0.2) is 57.1 Å². The van der Waals surface area contributed by atoms with E-state index < -0.39 is 28.5 Å². The third-order valence-corrected chi connectivity index (χ3v) is 8.05. The van der Waals surface area contributed by atoms with E-state index >= 15 is 0 Å². The molecule has 3 rings (SSSR count). The topological polar surface area (TPSA) is 96.0 Å². The predicted molar refractivity (Wildman–Crippen MR) is 159 cm³/mol. The maximum absolute atomic E-state index is 14.1. The number of carbonyl (C=O) groups excluding carboxylic acids is 2. The number of nitrogens with one attached hydrogen (secondary N) is 1. The van der Waals surface area contributed by atoms with Crippen molar-refractivity contribution >= 4 is 27.5 Å². The van der Waals surface area contributed by atoms with Gasteiger partial charge in [0.25, 0.3) is 0 Å². The summed E-state index contributed by atoms with van der Waals surface area (Å²) < 4.78 is 32.0. The molecule has 2 amide bonds. The van der Waals surface area contributed by atoms with Crippen LogP contribution in [-0.2, 0) is 32.6 Å². The van der Waals surface area contributed by atoms with Crippen LogP contribution in [0.5, 0.6) is 5.75 Å². The first kappa shape index (κ1) is 30.7. The Bertz CT molecular complexity index is 1380. The molecule has 0 radical (unpaired) electrons. The van der Waals surface area contributed by atoms with Gasteiger partial charge in [0.05, 0.1) is 19.1 Å². The molecular weight excluding hydrogens is 526 g/mol. The van der Waals surface area contributed by atoms with Crippen molar-refractivity contribution in [2.45, 2.75) is 52.2 Å². The van der Waals surface area contributed by atoms with Crippen molar-refractivity contribution < 1.29 is 22.7 Å². The standard InChI is InChI=1S/C31H39N3O5S/c1-6-24(3)32-31(36)29(20-25-13-8-7-9-14-25)33(21-26-15-11-10-12-23(26)2)30(35)22-34(40(5,37)38)27-16-18-28(39-4)19-17-27/h7-19,24,29H,6,20-22H2,1-5H3,(H,32,36). The molecule has 3 aromatic carbocycles. The number of carbonyl (C=O) groups is 2. The lowest BCUT2D eigenvalue weighted by atomic mass is 10.0. The molecule has 0 aliphatic rings. The zero-order valence-electron chi connectivity index (χ0n) is 23.8. The van der Waals surface area contributed by atoms with Crippen LogP contribution < -0.4 is 14.4 Å². The van der Waals surface area contributed by atoms with Crippen LogP contribution in [0, 0.1) is 6.92 Å². The molecule has 1 N–H and O–H groups in total. The van der Waals surface area contributed by atoms with Crippen LogP contribution in [0.4, 0.5) is 5.69 Å². The summed E-state index contributed by atoms with van der Waals surface area (Å²) >= 11 is 0. The number of rotatable bonds is 13. The van der Waals surface area contributed by atoms with E-state index in [9.17, 15) is 18.0 Å². The number of sulfonamides is 1. The van der Waals surface area contributed by atoms with Crippen LogP contribution in [0.3, 0.4) is 0 Å². The van der Waals surface area contributed by atoms with E-state index in [0.717, 1.165) is 33.7 Å². The summed E-state index contributed by atoms with van der Waals surface area (Å²) in [6, 6.07) is 22.7. The highest BCUT2D eigenvalue weighted by molar-refractivity contribution is 7.92. The highest BCUT2D eigenvalue weighted by Gasteiger charge is 2.33. The molecule has 214 valence electrons. The lowest BCUT2D eigenvalue weighted by Gasteiger charge is -2.34. The molecule has 0 bridgehead atoms. The molecule has 8 nitrogen and oxygen atoms in total. The van der Waals surface area contributed by atoms with Crippen molar-refractivity contribution in [3.8, 4) is 5.75 Å². The number of ether oxygens (including phenoxy) is 1. The summed E-state index contributed by atoms with van der Waals surface area (Å²) in [5, 5.41) is 3.03. The second-order valence-electron chi connectivity index (χ2n) is 9.94. The molecule has 0 aromatic heterocycles. The number of aryl methyl sites for hydroxylation is 1. The van der Waals surface area contributed by atoms with Crippen LogP contribution in [0.15, 0.2) is 78.9 Å². The largest absolute Gasteiger partial charge is 0.497 e. The molecule has 0 aliphatic heterocycles. The van der Waals surface area contributed by atoms with Crippen LogP contribution >= 0.6 is 0 Å². The molecule has 0 heterocycles. The summed E-state index contributed by atoms with van der Waals surface area (Å²) in [5.41, 5.74) is 3.07. The zero-order valence-corrected chi connectivity index (χ0v) is 24.6. The Hall–Kier alpha value is -3.85. The predicted octanol–water partition coefficient (Wildman–Crippen LogP) is 4.32. The fourth-order valence-electron chi connectivity index (χ4n) is 4.33. The molecule has 0 aliphatic carbocycles. The highest BCUT2D eigenvalue weighted by atomic mass is 32.2. The molecule has 40 heavy (non-hydrogen) atoms. The highest BCUT2D eigenvalue weighted by Crippen LogP contribution is 2.23. The third kappa shape index (κ3) is 8.32. The second kappa shape index (κ2) is 14.0. The Morgan fingerprint density at radius 2 is 1.57 bits per heavy atom. The van der Waals surface area contributed by atoms with E-state index in [-0.39, 0.29) is 24.9 Å². The van der Waals surface area contributed by atoms with Gasteiger partial charge in [-0.1, -0.05) is 61.5 Å². The maximum atomic E-state index is 14.1. The van der Waals surface area contributed by atoms with E-state index in [1.54, 1.807) is 24.3 Å². The quantitative estimate of drug-likeness (QED) is 0.333. The van der Waals surface area contributed by atoms with E-state index in [0.29, 0.717) is 11.4 Å². The van der Waals surface area contributed by atoms with Crippen molar-refractivity contribution in [3.05, 3.63) is 95.6 Å². The first-order valence-corrected chi connectivity index (χ1v) is 15.2. The number of benzene rings is 3. The molecule has 0 saturated carbocycles. The number of amides is 2. The fraction of sp³-hybridized carbons (Fsp3) is 0.355. The summed E-state index contributed by atoms with van der Waals surface area (Å²) in [6.45, 7) is 5.53. The van der Waals surface area contributed by atoms with E-state index in [1.165, 1.54) is 12.0 Å². The summed E-state index contributed by atoms with van der Waals surface area (Å²) in [5.74, 6) is -0.199. The smallest absolute Gasteiger partial charge is 0.244 e. The van der Waals surface area contributed by atoms with Crippen LogP contribution in [0.25, 0.3) is 0 Å². The number of anilines is 1. The lowest BCUT2D eigenvalue weighted by Crippen LogP contribution is -2.54. The first-order chi connectivity index (χ1) is 19.0. The monoisotopic (exact) mass is 565 g/mol. The van der Waals surface area contributed by atoms with Gasteiger partial charge < -0.3 is 15.0 Å². The van der Waals surface area contributed by atoms with Crippen LogP contribution in [0.2, 0.25) is 0 Å². The Morgan fingerprint density at radius 3 is 2.15 bits per heavy atom. The molecule has 2 unspecified atom stereocenters. The van der Waals surface area contributed by atoms with Gasteiger partial charge in [-0.2, -0.15) is 0 Å². The first-order valence-electron chi connectivity index (χ1n) is 13.3. The average molecular weight is 566 g/mol. The van der Waals surface area contributed by atoms with Gasteiger partial charge in [0.1, 0.15) is 18.3 Å². The minimum absolute atomic E-state index is 0.0898. The van der Waals surface area contributed by atoms with Gasteiger partial charge in [-0.15, -0.1) is 0 Å². The van der Waals surface area contributed by atoms with Crippen LogP contribution in [0.1, 0.15) is 37.0 Å². The summed E-state index contributed by atoms with van der Waals surface area (Å²) in [6.07, 6.45) is 2.07. The number of methoxy groups -OCH3 is 1. The van der Waals surface area contributed by atoms with Crippen molar-refractivity contribution in [1.29, 1.82) is 0 Å².